The van der Waals surface area contributed by atoms with Gasteiger partial charge in [0.15, 0.2) is 0 Å². The van der Waals surface area contributed by atoms with Crippen molar-refractivity contribution in [2.45, 2.75) is 26.3 Å². The largest absolute Gasteiger partial charge is 1.00 e. The normalized spacial score (nSPS) is 11.7. The van der Waals surface area contributed by atoms with Gasteiger partial charge in [-0.15, -0.1) is 0 Å². The van der Waals surface area contributed by atoms with Crippen LogP contribution in [0.1, 0.15) is 37.6 Å². The zero-order valence-corrected chi connectivity index (χ0v) is 23.9. The summed E-state index contributed by atoms with van der Waals surface area (Å²) in [6, 6.07) is 13.1. The Morgan fingerprint density at radius 3 is 2.22 bits per heavy atom. The maximum absolute atomic E-state index is 12.5. The minimum absolute atomic E-state index is 0. The zero-order chi connectivity index (χ0) is 25.4. The van der Waals surface area contributed by atoms with Crippen LogP contribution in [0.15, 0.2) is 67.0 Å². The van der Waals surface area contributed by atoms with Gasteiger partial charge >= 0.3 is 35.5 Å². The molecule has 1 atom stereocenters. The average molecular weight is 537 g/mol. The van der Waals surface area contributed by atoms with Crippen molar-refractivity contribution in [3.63, 3.8) is 0 Å². The summed E-state index contributed by atoms with van der Waals surface area (Å²) >= 11 is 12.1. The molecule has 0 saturated heterocycles. The number of carbonyl (C=O) groups excluding carboxylic acids is 1. The summed E-state index contributed by atoms with van der Waals surface area (Å²) in [5, 5.41) is 12.3. The molecule has 184 valence electrons. The number of anilines is 2. The van der Waals surface area contributed by atoms with E-state index in [0.29, 0.717) is 11.9 Å². The SMILES string of the molecule is CC(C)CN(c1ccc(/C=C/CC(NC(=O)c2c(Cl)cccc2Cl)C(=O)O)cc1)c1ncccn1.[H-].[Na+]. The number of hydrogen-bond donors (Lipinski definition) is 2. The minimum Gasteiger partial charge on any atom is -1.00 e. The fourth-order valence-corrected chi connectivity index (χ4v) is 3.94. The molecule has 0 saturated carbocycles. The molecule has 10 heteroatoms. The zero-order valence-electron chi connectivity index (χ0n) is 21.4. The van der Waals surface area contributed by atoms with Crippen LogP contribution in [0.3, 0.4) is 0 Å². The predicted octanol–water partition coefficient (Wildman–Crippen LogP) is 2.98. The minimum atomic E-state index is -1.16. The summed E-state index contributed by atoms with van der Waals surface area (Å²) in [7, 11) is 0. The molecule has 1 amide bonds. The number of halogens is 2. The third kappa shape index (κ3) is 8.32. The van der Waals surface area contributed by atoms with Gasteiger partial charge in [0.25, 0.3) is 5.91 Å². The molecule has 2 N–H and O–H groups in total. The first-order chi connectivity index (χ1) is 16.8. The summed E-state index contributed by atoms with van der Waals surface area (Å²) in [6.45, 7) is 5.02. The molecule has 1 heterocycles. The number of carboxylic acid groups (broad SMARTS) is 1. The van der Waals surface area contributed by atoms with Crippen molar-refractivity contribution in [2.24, 2.45) is 5.92 Å². The molecule has 0 bridgehead atoms. The fraction of sp³-hybridized carbons (Fsp3) is 0.231. The maximum atomic E-state index is 12.5. The van der Waals surface area contributed by atoms with Crippen LogP contribution in [0.4, 0.5) is 11.6 Å². The Balaban J connectivity index is 0.00000342. The summed E-state index contributed by atoms with van der Waals surface area (Å²) in [6.07, 6.45) is 7.02. The topological polar surface area (TPSA) is 95.4 Å². The summed E-state index contributed by atoms with van der Waals surface area (Å²) in [5.74, 6) is -0.766. The number of amides is 1. The second-order valence-corrected chi connectivity index (χ2v) is 9.06. The van der Waals surface area contributed by atoms with E-state index in [9.17, 15) is 14.7 Å². The van der Waals surface area contributed by atoms with E-state index in [1.807, 2.05) is 29.2 Å². The number of benzene rings is 2. The van der Waals surface area contributed by atoms with E-state index in [1.54, 1.807) is 36.7 Å². The van der Waals surface area contributed by atoms with Crippen LogP contribution in [0.25, 0.3) is 6.08 Å². The van der Waals surface area contributed by atoms with Crippen molar-refractivity contribution in [1.29, 1.82) is 0 Å². The van der Waals surface area contributed by atoms with Crippen LogP contribution in [-0.4, -0.2) is 39.5 Å². The Morgan fingerprint density at radius 2 is 1.67 bits per heavy atom. The van der Waals surface area contributed by atoms with Gasteiger partial charge in [-0.3, -0.25) is 4.79 Å². The van der Waals surface area contributed by atoms with Crippen LogP contribution in [0.5, 0.6) is 0 Å². The number of hydrogen-bond acceptors (Lipinski definition) is 5. The second kappa shape index (κ2) is 14.4. The van der Waals surface area contributed by atoms with Crippen molar-refractivity contribution in [1.82, 2.24) is 15.3 Å². The van der Waals surface area contributed by atoms with Crippen molar-refractivity contribution in [2.75, 3.05) is 11.4 Å². The molecule has 1 unspecified atom stereocenters. The number of nitrogens with zero attached hydrogens (tertiary/aromatic N) is 3. The molecule has 1 aromatic heterocycles. The molecule has 0 aliphatic heterocycles. The van der Waals surface area contributed by atoms with Gasteiger partial charge in [0.2, 0.25) is 5.95 Å². The van der Waals surface area contributed by atoms with E-state index in [0.717, 1.165) is 17.8 Å². The monoisotopic (exact) mass is 536 g/mol. The fourth-order valence-electron chi connectivity index (χ4n) is 3.37. The van der Waals surface area contributed by atoms with Crippen LogP contribution in [0.2, 0.25) is 10.0 Å². The van der Waals surface area contributed by atoms with Crippen LogP contribution >= 0.6 is 23.2 Å². The Kier molecular flexibility index (Phi) is 11.9. The van der Waals surface area contributed by atoms with Crippen molar-refractivity contribution >= 4 is 52.8 Å². The van der Waals surface area contributed by atoms with Gasteiger partial charge in [-0.2, -0.15) is 0 Å². The van der Waals surface area contributed by atoms with Gasteiger partial charge in [0, 0.05) is 24.6 Å². The first-order valence-corrected chi connectivity index (χ1v) is 11.8. The molecular formula is C26H27Cl2N4NaO3. The van der Waals surface area contributed by atoms with E-state index < -0.39 is 17.9 Å². The van der Waals surface area contributed by atoms with Gasteiger partial charge in [0.05, 0.1) is 15.6 Å². The van der Waals surface area contributed by atoms with E-state index in [2.05, 4.69) is 29.1 Å². The smallest absolute Gasteiger partial charge is 1.00 e. The Labute approximate surface area is 244 Å². The first kappa shape index (κ1) is 29.8. The molecular weight excluding hydrogens is 510 g/mol. The van der Waals surface area contributed by atoms with Gasteiger partial charge in [-0.1, -0.05) is 67.4 Å². The maximum Gasteiger partial charge on any atom is 1.00 e. The van der Waals surface area contributed by atoms with E-state index in [1.165, 1.54) is 12.1 Å². The second-order valence-electron chi connectivity index (χ2n) is 8.24. The summed E-state index contributed by atoms with van der Waals surface area (Å²) in [5.41, 5.74) is 1.89. The van der Waals surface area contributed by atoms with E-state index >= 15 is 0 Å². The van der Waals surface area contributed by atoms with Crippen molar-refractivity contribution < 1.29 is 45.7 Å². The Hall–Kier alpha value is -2.42. The van der Waals surface area contributed by atoms with Gasteiger partial charge in [-0.05, 0) is 48.2 Å². The predicted molar refractivity (Wildman–Crippen MR) is 140 cm³/mol. The number of aromatic nitrogens is 2. The average Bonchev–Trinajstić information content (AvgIpc) is 2.82. The van der Waals surface area contributed by atoms with E-state index in [-0.39, 0.29) is 53.0 Å². The number of aliphatic carboxylic acids is 1. The van der Waals surface area contributed by atoms with Gasteiger partial charge < -0.3 is 16.7 Å². The quantitative estimate of drug-likeness (QED) is 0.387. The van der Waals surface area contributed by atoms with Crippen LogP contribution in [0, 0.1) is 5.92 Å². The Bertz CT molecular complexity index is 1180. The molecule has 36 heavy (non-hydrogen) atoms. The molecule has 0 aliphatic carbocycles. The summed E-state index contributed by atoms with van der Waals surface area (Å²) in [4.78, 5) is 35.0. The number of nitrogens with one attached hydrogen (secondary N) is 1. The number of rotatable bonds is 10. The third-order valence-corrected chi connectivity index (χ3v) is 5.65. The van der Waals surface area contributed by atoms with Gasteiger partial charge in [0.1, 0.15) is 6.04 Å². The molecule has 0 radical (unpaired) electrons. The van der Waals surface area contributed by atoms with Crippen molar-refractivity contribution in [3.8, 4) is 0 Å². The molecule has 2 aromatic carbocycles. The van der Waals surface area contributed by atoms with Crippen LogP contribution in [-0.2, 0) is 4.79 Å². The van der Waals surface area contributed by atoms with Gasteiger partial charge in [-0.25, -0.2) is 14.8 Å². The van der Waals surface area contributed by atoms with Crippen LogP contribution < -0.4 is 39.8 Å². The molecule has 7 nitrogen and oxygen atoms in total. The summed E-state index contributed by atoms with van der Waals surface area (Å²) < 4.78 is 0. The van der Waals surface area contributed by atoms with E-state index in [4.69, 9.17) is 23.2 Å². The molecule has 3 rings (SSSR count). The molecule has 0 aliphatic rings. The molecule has 3 aromatic rings. The molecule has 0 fully saturated rings. The first-order valence-electron chi connectivity index (χ1n) is 11.0. The Morgan fingerprint density at radius 1 is 1.06 bits per heavy atom. The third-order valence-electron chi connectivity index (χ3n) is 5.02. The number of carboxylic acids is 1. The number of carbonyl (C=O) groups is 2. The molecule has 0 spiro atoms. The van der Waals surface area contributed by atoms with Crippen molar-refractivity contribution in [3.05, 3.63) is 88.2 Å². The standard InChI is InChI=1S/C26H26Cl2N4O3.Na.H/c1-17(2)16-32(26-29-14-5-15-30-26)19-12-10-18(11-13-19)6-3-9-22(25(34)35)31-24(33)23-20(27)7-4-8-21(23)28;;/h3-8,10-15,17,22H,9,16H2,1-2H3,(H,31,33)(H,34,35);;/q;+1;-1/b6-3+;;.